The van der Waals surface area contributed by atoms with Crippen molar-refractivity contribution in [1.82, 2.24) is 0 Å². The number of esters is 1. The molecule has 1 rings (SSSR count). The summed E-state index contributed by atoms with van der Waals surface area (Å²) in [5, 5.41) is 29.7. The van der Waals surface area contributed by atoms with Crippen molar-refractivity contribution in [3.05, 3.63) is 33.9 Å². The Balaban J connectivity index is 3.07. The summed E-state index contributed by atoms with van der Waals surface area (Å²) in [5.74, 6) is -1.04. The number of benzene rings is 1. The minimum absolute atomic E-state index is 0.00574. The molecule has 0 aliphatic carbocycles. The van der Waals surface area contributed by atoms with Gasteiger partial charge in [-0.3, -0.25) is 10.1 Å². The van der Waals surface area contributed by atoms with Gasteiger partial charge >= 0.3 is 5.97 Å². The molecule has 0 heterocycles. The van der Waals surface area contributed by atoms with E-state index >= 15 is 0 Å². The number of carbonyl (C=O) groups is 1. The summed E-state index contributed by atoms with van der Waals surface area (Å²) in [6, 6.07) is 3.48. The largest absolute Gasteiger partial charge is 0.467 e. The number of nitrogens with zero attached hydrogens (tertiary/aromatic N) is 1. The SMILES string of the molecule is COC(=O)C(O)C(O)c1ccc(N)c([N+](=O)[O-])c1. The zero-order chi connectivity index (χ0) is 13.9. The lowest BCUT2D eigenvalue weighted by molar-refractivity contribution is -0.384. The topological polar surface area (TPSA) is 136 Å². The predicted molar refractivity (Wildman–Crippen MR) is 60.5 cm³/mol. The van der Waals surface area contributed by atoms with Crippen molar-refractivity contribution in [2.75, 3.05) is 12.8 Å². The van der Waals surface area contributed by atoms with Gasteiger partial charge in [-0.1, -0.05) is 6.07 Å². The van der Waals surface area contributed by atoms with Crippen LogP contribution >= 0.6 is 0 Å². The van der Waals surface area contributed by atoms with Crippen LogP contribution in [0, 0.1) is 10.1 Å². The number of nitrogen functional groups attached to an aromatic ring is 1. The molecule has 2 atom stereocenters. The zero-order valence-corrected chi connectivity index (χ0v) is 9.44. The van der Waals surface area contributed by atoms with E-state index in [1.165, 1.54) is 12.1 Å². The maximum absolute atomic E-state index is 11.0. The van der Waals surface area contributed by atoms with E-state index in [2.05, 4.69) is 4.74 Å². The highest BCUT2D eigenvalue weighted by molar-refractivity contribution is 5.75. The average molecular weight is 256 g/mol. The first-order valence-corrected chi connectivity index (χ1v) is 4.86. The number of nitro groups is 1. The Bertz CT molecular complexity index is 475. The van der Waals surface area contributed by atoms with Crippen LogP contribution < -0.4 is 5.73 Å². The number of aliphatic hydroxyl groups excluding tert-OH is 2. The fourth-order valence-electron chi connectivity index (χ4n) is 1.33. The number of aliphatic hydroxyl groups is 2. The summed E-state index contributed by atoms with van der Waals surface area (Å²) in [6.45, 7) is 0. The molecule has 98 valence electrons. The van der Waals surface area contributed by atoms with Crippen molar-refractivity contribution in [1.29, 1.82) is 0 Å². The molecule has 0 fully saturated rings. The zero-order valence-electron chi connectivity index (χ0n) is 9.44. The predicted octanol–water partition coefficient (Wildman–Crippen LogP) is -0.256. The van der Waals surface area contributed by atoms with Crippen LogP contribution in [0.3, 0.4) is 0 Å². The van der Waals surface area contributed by atoms with Gasteiger partial charge in [-0.2, -0.15) is 0 Å². The lowest BCUT2D eigenvalue weighted by atomic mass is 10.0. The van der Waals surface area contributed by atoms with Crippen molar-refractivity contribution < 1.29 is 24.7 Å². The highest BCUT2D eigenvalue weighted by Gasteiger charge is 2.28. The molecule has 1 aromatic rings. The molecule has 1 aromatic carbocycles. The van der Waals surface area contributed by atoms with Crippen molar-refractivity contribution in [3.63, 3.8) is 0 Å². The second-order valence-electron chi connectivity index (χ2n) is 3.49. The fourth-order valence-corrected chi connectivity index (χ4v) is 1.33. The van der Waals surface area contributed by atoms with Crippen LogP contribution in [0.2, 0.25) is 0 Å². The molecule has 18 heavy (non-hydrogen) atoms. The monoisotopic (exact) mass is 256 g/mol. The number of carbonyl (C=O) groups excluding carboxylic acids is 1. The lowest BCUT2D eigenvalue weighted by Crippen LogP contribution is -2.29. The molecule has 0 spiro atoms. The van der Waals surface area contributed by atoms with Crippen LogP contribution in [0.1, 0.15) is 11.7 Å². The van der Waals surface area contributed by atoms with Gasteiger partial charge in [0.2, 0.25) is 0 Å². The van der Waals surface area contributed by atoms with Gasteiger partial charge in [0.25, 0.3) is 5.69 Å². The summed E-state index contributed by atoms with van der Waals surface area (Å²) in [4.78, 5) is 20.9. The van der Waals surface area contributed by atoms with Gasteiger partial charge in [-0.25, -0.2) is 4.79 Å². The minimum atomic E-state index is -1.82. The van der Waals surface area contributed by atoms with Gasteiger partial charge in [0, 0.05) is 6.07 Å². The first-order valence-electron chi connectivity index (χ1n) is 4.86. The van der Waals surface area contributed by atoms with E-state index in [4.69, 9.17) is 5.73 Å². The summed E-state index contributed by atoms with van der Waals surface area (Å²) in [6.07, 6.45) is -3.45. The van der Waals surface area contributed by atoms with Crippen LogP contribution in [0.5, 0.6) is 0 Å². The Hall–Kier alpha value is -2.19. The number of anilines is 1. The van der Waals surface area contributed by atoms with E-state index in [0.717, 1.165) is 13.2 Å². The van der Waals surface area contributed by atoms with Crippen molar-refractivity contribution >= 4 is 17.3 Å². The molecule has 8 heteroatoms. The molecule has 0 aromatic heterocycles. The quantitative estimate of drug-likeness (QED) is 0.292. The summed E-state index contributed by atoms with van der Waals surface area (Å²) >= 11 is 0. The molecule has 0 amide bonds. The third-order valence-electron chi connectivity index (χ3n) is 2.33. The van der Waals surface area contributed by atoms with Crippen LogP contribution in [-0.4, -0.2) is 34.3 Å². The first-order chi connectivity index (χ1) is 8.38. The number of methoxy groups -OCH3 is 1. The van der Waals surface area contributed by atoms with Gasteiger partial charge in [0.15, 0.2) is 6.10 Å². The second kappa shape index (κ2) is 5.43. The number of nitro benzene ring substituents is 1. The molecule has 0 saturated carbocycles. The van der Waals surface area contributed by atoms with Crippen LogP contribution in [0.25, 0.3) is 0 Å². The molecule has 0 radical (unpaired) electrons. The van der Waals surface area contributed by atoms with E-state index in [0.29, 0.717) is 0 Å². The van der Waals surface area contributed by atoms with Gasteiger partial charge in [0.05, 0.1) is 12.0 Å². The number of nitrogens with two attached hydrogens (primary N) is 1. The van der Waals surface area contributed by atoms with E-state index in [-0.39, 0.29) is 11.3 Å². The summed E-state index contributed by atoms with van der Waals surface area (Å²) in [7, 11) is 1.05. The van der Waals surface area contributed by atoms with Gasteiger partial charge < -0.3 is 20.7 Å². The number of rotatable bonds is 4. The fraction of sp³-hybridized carbons (Fsp3) is 0.300. The summed E-state index contributed by atoms with van der Waals surface area (Å²) in [5.41, 5.74) is 4.88. The van der Waals surface area contributed by atoms with E-state index in [1.54, 1.807) is 0 Å². The standard InChI is InChI=1S/C10H12N2O6/c1-18-10(15)9(14)8(13)5-2-3-6(11)7(4-5)12(16)17/h2-4,8-9,13-14H,11H2,1H3. The molecular weight excluding hydrogens is 244 g/mol. The minimum Gasteiger partial charge on any atom is -0.467 e. The van der Waals surface area contributed by atoms with Crippen molar-refractivity contribution in [2.24, 2.45) is 0 Å². The Labute approximate surface area is 102 Å². The van der Waals surface area contributed by atoms with E-state index in [9.17, 15) is 25.1 Å². The highest BCUT2D eigenvalue weighted by atomic mass is 16.6. The molecule has 0 bridgehead atoms. The third-order valence-corrected chi connectivity index (χ3v) is 2.33. The van der Waals surface area contributed by atoms with Gasteiger partial charge in [-0.15, -0.1) is 0 Å². The molecule has 2 unspecified atom stereocenters. The maximum atomic E-state index is 11.0. The normalized spacial score (nSPS) is 13.7. The lowest BCUT2D eigenvalue weighted by Gasteiger charge is -2.15. The number of ether oxygens (including phenoxy) is 1. The molecule has 0 aliphatic heterocycles. The van der Waals surface area contributed by atoms with Crippen LogP contribution in [-0.2, 0) is 9.53 Å². The first kappa shape index (κ1) is 13.9. The second-order valence-corrected chi connectivity index (χ2v) is 3.49. The Morgan fingerprint density at radius 2 is 2.11 bits per heavy atom. The molecule has 0 aliphatic rings. The van der Waals surface area contributed by atoms with E-state index in [1.807, 2.05) is 0 Å². The molecule has 8 nitrogen and oxygen atoms in total. The molecule has 0 saturated heterocycles. The van der Waals surface area contributed by atoms with Gasteiger partial charge in [0.1, 0.15) is 11.8 Å². The Morgan fingerprint density at radius 1 is 1.50 bits per heavy atom. The molecule has 4 N–H and O–H groups in total. The van der Waals surface area contributed by atoms with Crippen molar-refractivity contribution in [2.45, 2.75) is 12.2 Å². The Morgan fingerprint density at radius 3 is 2.61 bits per heavy atom. The summed E-state index contributed by atoms with van der Waals surface area (Å²) < 4.78 is 4.25. The number of hydrogen-bond donors (Lipinski definition) is 3. The maximum Gasteiger partial charge on any atom is 0.337 e. The highest BCUT2D eigenvalue weighted by Crippen LogP contribution is 2.27. The van der Waals surface area contributed by atoms with Crippen LogP contribution in [0.4, 0.5) is 11.4 Å². The average Bonchev–Trinajstić information content (AvgIpc) is 2.36. The Kier molecular flexibility index (Phi) is 4.18. The van der Waals surface area contributed by atoms with Crippen molar-refractivity contribution in [3.8, 4) is 0 Å². The number of hydrogen-bond acceptors (Lipinski definition) is 7. The van der Waals surface area contributed by atoms with Gasteiger partial charge in [-0.05, 0) is 11.6 Å². The smallest absolute Gasteiger partial charge is 0.337 e. The molecular formula is C10H12N2O6. The van der Waals surface area contributed by atoms with Crippen LogP contribution in [0.15, 0.2) is 18.2 Å². The third kappa shape index (κ3) is 2.73. The van der Waals surface area contributed by atoms with E-state index < -0.39 is 28.8 Å².